The lowest BCUT2D eigenvalue weighted by Gasteiger charge is -2.43. The molecule has 1 aliphatic heterocycles. The van der Waals surface area contributed by atoms with Crippen molar-refractivity contribution >= 4 is 11.6 Å². The first-order chi connectivity index (χ1) is 10.2. The summed E-state index contributed by atoms with van der Waals surface area (Å²) in [6.45, 7) is 4.54. The first kappa shape index (κ1) is 15.3. The van der Waals surface area contributed by atoms with Crippen molar-refractivity contribution in [1.29, 1.82) is 0 Å². The molecule has 1 aromatic rings. The molecule has 0 amide bonds. The fourth-order valence-corrected chi connectivity index (χ4v) is 3.81. The van der Waals surface area contributed by atoms with Gasteiger partial charge < -0.3 is 9.84 Å². The number of morpholine rings is 1. The molecule has 4 heteroatoms. The van der Waals surface area contributed by atoms with Crippen LogP contribution in [0.15, 0.2) is 24.3 Å². The molecule has 2 aliphatic rings. The minimum atomic E-state index is -0.707. The first-order valence-electron chi connectivity index (χ1n) is 7.97. The van der Waals surface area contributed by atoms with Crippen molar-refractivity contribution in [1.82, 2.24) is 4.90 Å². The normalized spacial score (nSPS) is 31.2. The molecule has 0 radical (unpaired) electrons. The van der Waals surface area contributed by atoms with E-state index in [4.69, 9.17) is 16.3 Å². The molecule has 0 aromatic heterocycles. The Bertz CT molecular complexity index is 458. The summed E-state index contributed by atoms with van der Waals surface area (Å²) < 4.78 is 5.42. The highest BCUT2D eigenvalue weighted by molar-refractivity contribution is 6.30. The maximum atomic E-state index is 11.3. The molecular weight excluding hydrogens is 286 g/mol. The van der Waals surface area contributed by atoms with Gasteiger partial charge in [-0.05, 0) is 30.5 Å². The minimum Gasteiger partial charge on any atom is -0.385 e. The molecule has 3 nitrogen and oxygen atoms in total. The van der Waals surface area contributed by atoms with Gasteiger partial charge in [0.1, 0.15) is 0 Å². The lowest BCUT2D eigenvalue weighted by molar-refractivity contribution is -0.0745. The summed E-state index contributed by atoms with van der Waals surface area (Å²) in [6.07, 6.45) is 4.25. The van der Waals surface area contributed by atoms with Gasteiger partial charge in [0.05, 0.1) is 18.8 Å². The number of ether oxygens (including phenoxy) is 1. The Kier molecular flexibility index (Phi) is 4.85. The van der Waals surface area contributed by atoms with Crippen LogP contribution in [-0.4, -0.2) is 42.9 Å². The van der Waals surface area contributed by atoms with E-state index in [1.165, 1.54) is 6.42 Å². The molecule has 3 rings (SSSR count). The third kappa shape index (κ3) is 3.42. The number of rotatable bonds is 3. The Morgan fingerprint density at radius 2 is 1.90 bits per heavy atom. The van der Waals surface area contributed by atoms with Crippen LogP contribution in [0, 0.1) is 5.92 Å². The number of hydrogen-bond acceptors (Lipinski definition) is 3. The molecule has 2 unspecified atom stereocenters. The van der Waals surface area contributed by atoms with Crippen molar-refractivity contribution in [3.8, 4) is 0 Å². The van der Waals surface area contributed by atoms with Gasteiger partial charge in [-0.1, -0.05) is 36.6 Å². The number of benzene rings is 1. The van der Waals surface area contributed by atoms with Crippen LogP contribution in [0.5, 0.6) is 0 Å². The first-order valence-corrected chi connectivity index (χ1v) is 8.35. The van der Waals surface area contributed by atoms with Gasteiger partial charge in [0.25, 0.3) is 0 Å². The number of hydrogen-bond donors (Lipinski definition) is 1. The van der Waals surface area contributed by atoms with Crippen LogP contribution in [0.3, 0.4) is 0 Å². The lowest BCUT2D eigenvalue weighted by Crippen LogP contribution is -2.47. The molecule has 0 bridgehead atoms. The van der Waals surface area contributed by atoms with E-state index in [0.29, 0.717) is 5.92 Å². The zero-order chi connectivity index (χ0) is 14.7. The smallest absolute Gasteiger partial charge is 0.0936 e. The molecule has 2 fully saturated rings. The highest BCUT2D eigenvalue weighted by atomic mass is 35.5. The van der Waals surface area contributed by atoms with Crippen molar-refractivity contribution in [2.45, 2.75) is 31.3 Å². The van der Waals surface area contributed by atoms with Crippen LogP contribution in [0.25, 0.3) is 0 Å². The topological polar surface area (TPSA) is 32.7 Å². The molecule has 116 valence electrons. The Hall–Kier alpha value is -0.610. The van der Waals surface area contributed by atoms with E-state index in [-0.39, 0.29) is 0 Å². The van der Waals surface area contributed by atoms with Gasteiger partial charge in [0.2, 0.25) is 0 Å². The third-order valence-corrected chi connectivity index (χ3v) is 5.21. The number of halogens is 1. The Morgan fingerprint density at radius 3 is 2.62 bits per heavy atom. The largest absolute Gasteiger partial charge is 0.385 e. The van der Waals surface area contributed by atoms with Gasteiger partial charge >= 0.3 is 0 Å². The highest BCUT2D eigenvalue weighted by Crippen LogP contribution is 2.42. The summed E-state index contributed by atoms with van der Waals surface area (Å²) in [5.74, 6) is 0.297. The van der Waals surface area contributed by atoms with E-state index in [1.54, 1.807) is 0 Å². The van der Waals surface area contributed by atoms with Crippen LogP contribution in [-0.2, 0) is 10.3 Å². The van der Waals surface area contributed by atoms with Gasteiger partial charge in [0.15, 0.2) is 0 Å². The van der Waals surface area contributed by atoms with E-state index in [1.807, 2.05) is 24.3 Å². The third-order valence-electron chi connectivity index (χ3n) is 4.96. The molecule has 2 atom stereocenters. The van der Waals surface area contributed by atoms with E-state index < -0.39 is 5.60 Å². The van der Waals surface area contributed by atoms with Gasteiger partial charge in [-0.25, -0.2) is 0 Å². The summed E-state index contributed by atoms with van der Waals surface area (Å²) in [5, 5.41) is 12.0. The molecule has 21 heavy (non-hydrogen) atoms. The second-order valence-electron chi connectivity index (χ2n) is 6.29. The van der Waals surface area contributed by atoms with E-state index >= 15 is 0 Å². The molecular formula is C17H24ClNO2. The number of aliphatic hydroxyl groups is 1. The molecule has 1 saturated heterocycles. The summed E-state index contributed by atoms with van der Waals surface area (Å²) in [4.78, 5) is 2.43. The van der Waals surface area contributed by atoms with Crippen LogP contribution in [0.4, 0.5) is 0 Å². The summed E-state index contributed by atoms with van der Waals surface area (Å²) in [5.41, 5.74) is 0.311. The molecule has 1 aliphatic carbocycles. The molecule has 0 spiro atoms. The SMILES string of the molecule is OC1(c2ccc(Cl)cc2)CCCCC1CN1CCOCC1. The second-order valence-corrected chi connectivity index (χ2v) is 6.72. The van der Waals surface area contributed by atoms with Gasteiger partial charge in [-0.3, -0.25) is 4.90 Å². The monoisotopic (exact) mass is 309 g/mol. The quantitative estimate of drug-likeness (QED) is 0.931. The summed E-state index contributed by atoms with van der Waals surface area (Å²) >= 11 is 5.98. The fraction of sp³-hybridized carbons (Fsp3) is 0.647. The zero-order valence-corrected chi connectivity index (χ0v) is 13.2. The Balaban J connectivity index is 1.77. The Labute approximate surface area is 131 Å². The average Bonchev–Trinajstić information content (AvgIpc) is 2.51. The van der Waals surface area contributed by atoms with E-state index in [2.05, 4.69) is 4.90 Å². The van der Waals surface area contributed by atoms with E-state index in [0.717, 1.165) is 62.7 Å². The van der Waals surface area contributed by atoms with Crippen LogP contribution >= 0.6 is 11.6 Å². The Morgan fingerprint density at radius 1 is 1.19 bits per heavy atom. The van der Waals surface area contributed by atoms with Gasteiger partial charge in [-0.15, -0.1) is 0 Å². The predicted molar refractivity (Wildman–Crippen MR) is 84.6 cm³/mol. The minimum absolute atomic E-state index is 0.297. The molecule has 1 saturated carbocycles. The highest BCUT2D eigenvalue weighted by Gasteiger charge is 2.41. The number of nitrogens with zero attached hydrogens (tertiary/aromatic N) is 1. The van der Waals surface area contributed by atoms with E-state index in [9.17, 15) is 5.11 Å². The van der Waals surface area contributed by atoms with Crippen LogP contribution in [0.1, 0.15) is 31.2 Å². The van der Waals surface area contributed by atoms with Crippen molar-refractivity contribution in [3.63, 3.8) is 0 Å². The molecule has 1 aromatic carbocycles. The van der Waals surface area contributed by atoms with Crippen molar-refractivity contribution in [2.75, 3.05) is 32.8 Å². The van der Waals surface area contributed by atoms with Crippen LogP contribution in [0.2, 0.25) is 5.02 Å². The fourth-order valence-electron chi connectivity index (χ4n) is 3.68. The summed E-state index contributed by atoms with van der Waals surface area (Å²) in [7, 11) is 0. The van der Waals surface area contributed by atoms with Gasteiger partial charge in [0, 0.05) is 30.6 Å². The van der Waals surface area contributed by atoms with Crippen molar-refractivity contribution < 1.29 is 9.84 Å². The average molecular weight is 310 g/mol. The van der Waals surface area contributed by atoms with Crippen molar-refractivity contribution in [2.24, 2.45) is 5.92 Å². The zero-order valence-electron chi connectivity index (χ0n) is 12.4. The van der Waals surface area contributed by atoms with Gasteiger partial charge in [-0.2, -0.15) is 0 Å². The second kappa shape index (κ2) is 6.66. The predicted octanol–water partition coefficient (Wildman–Crippen LogP) is 3.05. The molecule has 1 heterocycles. The lowest BCUT2D eigenvalue weighted by atomic mass is 9.71. The molecule has 1 N–H and O–H groups in total. The van der Waals surface area contributed by atoms with Crippen LogP contribution < -0.4 is 0 Å². The standard InChI is InChI=1S/C17H24ClNO2/c18-16-6-4-14(5-7-16)17(20)8-2-1-3-15(17)13-19-9-11-21-12-10-19/h4-7,15,20H,1-3,8-13H2. The summed E-state index contributed by atoms with van der Waals surface area (Å²) in [6, 6.07) is 7.74. The maximum absolute atomic E-state index is 11.3. The maximum Gasteiger partial charge on any atom is 0.0936 e. The van der Waals surface area contributed by atoms with Crippen molar-refractivity contribution in [3.05, 3.63) is 34.9 Å².